The molecule has 4 aromatic rings. The van der Waals surface area contributed by atoms with E-state index in [0.717, 1.165) is 11.3 Å². The Bertz CT molecular complexity index is 1780. The van der Waals surface area contributed by atoms with Crippen LogP contribution in [-0.4, -0.2) is 34.4 Å². The van der Waals surface area contributed by atoms with Crippen LogP contribution in [0.3, 0.4) is 0 Å². The number of non-ortho nitro benzene ring substituents is 1. The SMILES string of the molecule is O=C(c1ccc([N+](=O)[O-])cc1)[C@H]1[C@H](c2ccc(Cl)cc2)C2(C(=O)c3ccccc3C2=O)C2C=Cc3ccccc3N21. The van der Waals surface area contributed by atoms with Crippen LogP contribution in [0.2, 0.25) is 5.02 Å². The van der Waals surface area contributed by atoms with Gasteiger partial charge in [-0.25, -0.2) is 0 Å². The fraction of sp³-hybridized carbons (Fsp3) is 0.121. The van der Waals surface area contributed by atoms with E-state index in [0.29, 0.717) is 21.7 Å². The first-order chi connectivity index (χ1) is 19.8. The standard InChI is InChI=1S/C33H21ClN2O5/c34-22-14-9-20(10-15-22)28-29(30(37)21-11-16-23(17-12-21)36(40)41)35-26-8-4-1-5-19(26)13-18-27(35)33(28)31(38)24-6-2-3-7-25(24)32(33)39/h1-18,27-29H/t27?,28-,29+/m0/s1. The molecule has 1 unspecified atom stereocenters. The number of rotatable bonds is 4. The van der Waals surface area contributed by atoms with E-state index in [1.54, 1.807) is 48.5 Å². The first-order valence-electron chi connectivity index (χ1n) is 13.1. The number of nitro groups is 1. The van der Waals surface area contributed by atoms with Crippen molar-refractivity contribution in [2.75, 3.05) is 4.90 Å². The van der Waals surface area contributed by atoms with Crippen LogP contribution in [0.5, 0.6) is 0 Å². The number of hydrogen-bond donors (Lipinski definition) is 0. The zero-order chi connectivity index (χ0) is 28.5. The third kappa shape index (κ3) is 3.42. The molecule has 0 N–H and O–H groups in total. The van der Waals surface area contributed by atoms with Gasteiger partial charge in [-0.1, -0.05) is 78.4 Å². The van der Waals surface area contributed by atoms with Gasteiger partial charge in [0.2, 0.25) is 0 Å². The highest BCUT2D eigenvalue weighted by atomic mass is 35.5. The van der Waals surface area contributed by atoms with Crippen LogP contribution in [0.15, 0.2) is 103 Å². The van der Waals surface area contributed by atoms with Crippen LogP contribution in [-0.2, 0) is 0 Å². The maximum absolute atomic E-state index is 14.6. The Kier molecular flexibility index (Phi) is 5.56. The number of carbonyl (C=O) groups excluding carboxylic acids is 3. The Hall–Kier alpha value is -4.88. The second-order valence-electron chi connectivity index (χ2n) is 10.5. The van der Waals surface area contributed by atoms with Crippen molar-refractivity contribution in [1.82, 2.24) is 0 Å². The van der Waals surface area contributed by atoms with Gasteiger partial charge in [0, 0.05) is 45.5 Å². The molecule has 0 amide bonds. The lowest BCUT2D eigenvalue weighted by atomic mass is 9.64. The Morgan fingerprint density at radius 1 is 0.829 bits per heavy atom. The van der Waals surface area contributed by atoms with Crippen LogP contribution < -0.4 is 4.90 Å². The molecule has 3 atom stereocenters. The molecule has 3 aliphatic rings. The molecule has 7 nitrogen and oxygen atoms in total. The number of anilines is 1. The summed E-state index contributed by atoms with van der Waals surface area (Å²) in [6.45, 7) is 0. The highest BCUT2D eigenvalue weighted by Crippen LogP contribution is 2.61. The number of hydrogen-bond acceptors (Lipinski definition) is 6. The highest BCUT2D eigenvalue weighted by Gasteiger charge is 2.71. The van der Waals surface area contributed by atoms with Crippen LogP contribution in [0, 0.1) is 15.5 Å². The smallest absolute Gasteiger partial charge is 0.269 e. The number of nitro benzene ring substituents is 1. The second kappa shape index (κ2) is 9.08. The van der Waals surface area contributed by atoms with Gasteiger partial charge in [0.05, 0.1) is 11.0 Å². The van der Waals surface area contributed by atoms with Crippen molar-refractivity contribution >= 4 is 46.4 Å². The summed E-state index contributed by atoms with van der Waals surface area (Å²) in [4.78, 5) is 56.4. The highest BCUT2D eigenvalue weighted by molar-refractivity contribution is 6.32. The molecule has 41 heavy (non-hydrogen) atoms. The number of fused-ring (bicyclic) bond motifs is 5. The van der Waals surface area contributed by atoms with Crippen molar-refractivity contribution in [2.45, 2.75) is 18.0 Å². The Morgan fingerprint density at radius 2 is 1.44 bits per heavy atom. The maximum atomic E-state index is 14.6. The average Bonchev–Trinajstić information content (AvgIpc) is 3.43. The van der Waals surface area contributed by atoms with Gasteiger partial charge in [-0.3, -0.25) is 24.5 Å². The van der Waals surface area contributed by atoms with Crippen LogP contribution in [0.4, 0.5) is 11.4 Å². The summed E-state index contributed by atoms with van der Waals surface area (Å²) in [5, 5.41) is 11.8. The monoisotopic (exact) mass is 560 g/mol. The van der Waals surface area contributed by atoms with Crippen LogP contribution in [0.1, 0.15) is 48.1 Å². The zero-order valence-electron chi connectivity index (χ0n) is 21.4. The quantitative estimate of drug-likeness (QED) is 0.121. The molecule has 1 spiro atoms. The largest absolute Gasteiger partial charge is 0.352 e. The average molecular weight is 561 g/mol. The molecule has 0 radical (unpaired) electrons. The molecule has 1 saturated heterocycles. The number of carbonyl (C=O) groups is 3. The number of halogens is 1. The van der Waals surface area contributed by atoms with Crippen molar-refractivity contribution in [1.29, 1.82) is 0 Å². The minimum atomic E-state index is -1.62. The van der Waals surface area contributed by atoms with Gasteiger partial charge in [-0.2, -0.15) is 0 Å². The van der Waals surface area contributed by atoms with Gasteiger partial charge in [-0.05, 0) is 41.5 Å². The predicted molar refractivity (Wildman–Crippen MR) is 155 cm³/mol. The van der Waals surface area contributed by atoms with E-state index in [4.69, 9.17) is 11.6 Å². The van der Waals surface area contributed by atoms with Gasteiger partial charge < -0.3 is 4.90 Å². The fourth-order valence-corrected chi connectivity index (χ4v) is 7.00. The molecule has 0 bridgehead atoms. The van der Waals surface area contributed by atoms with E-state index < -0.39 is 28.3 Å². The first kappa shape index (κ1) is 25.1. The lowest BCUT2D eigenvalue weighted by Gasteiger charge is -2.37. The third-order valence-electron chi connectivity index (χ3n) is 8.57. The molecule has 200 valence electrons. The summed E-state index contributed by atoms with van der Waals surface area (Å²) in [5.41, 5.74) is 1.38. The van der Waals surface area contributed by atoms with Gasteiger partial charge in [0.1, 0.15) is 11.5 Å². The van der Waals surface area contributed by atoms with Crippen molar-refractivity contribution in [3.05, 3.63) is 146 Å². The predicted octanol–water partition coefficient (Wildman–Crippen LogP) is 6.56. The van der Waals surface area contributed by atoms with Gasteiger partial charge in [-0.15, -0.1) is 0 Å². The fourth-order valence-electron chi connectivity index (χ4n) is 6.88. The van der Waals surface area contributed by atoms with E-state index in [2.05, 4.69) is 0 Å². The normalized spacial score (nSPS) is 21.5. The lowest BCUT2D eigenvalue weighted by molar-refractivity contribution is -0.384. The van der Waals surface area contributed by atoms with Gasteiger partial charge >= 0.3 is 0 Å². The van der Waals surface area contributed by atoms with Gasteiger partial charge in [0.15, 0.2) is 17.3 Å². The molecular formula is C33H21ClN2O5. The van der Waals surface area contributed by atoms with E-state index >= 15 is 0 Å². The Morgan fingerprint density at radius 3 is 2.07 bits per heavy atom. The van der Waals surface area contributed by atoms with Crippen molar-refractivity contribution in [2.24, 2.45) is 5.41 Å². The molecule has 8 heteroatoms. The molecule has 4 aromatic carbocycles. The molecule has 2 heterocycles. The minimum absolute atomic E-state index is 0.139. The van der Waals surface area contributed by atoms with Crippen molar-refractivity contribution in [3.63, 3.8) is 0 Å². The molecule has 1 fully saturated rings. The zero-order valence-corrected chi connectivity index (χ0v) is 22.2. The number of ketones is 3. The topological polar surface area (TPSA) is 97.6 Å². The maximum Gasteiger partial charge on any atom is 0.269 e. The molecule has 0 aromatic heterocycles. The molecule has 2 aliphatic heterocycles. The number of para-hydroxylation sites is 1. The molecule has 7 rings (SSSR count). The van der Waals surface area contributed by atoms with Gasteiger partial charge in [0.25, 0.3) is 5.69 Å². The van der Waals surface area contributed by atoms with Crippen LogP contribution >= 0.6 is 11.6 Å². The van der Waals surface area contributed by atoms with E-state index in [1.165, 1.54) is 24.3 Å². The van der Waals surface area contributed by atoms with E-state index in [1.807, 2.05) is 41.3 Å². The number of nitrogens with zero attached hydrogens (tertiary/aromatic N) is 2. The third-order valence-corrected chi connectivity index (χ3v) is 8.83. The number of Topliss-reactive ketones (excluding diaryl/α,β-unsaturated/α-hetero) is 3. The number of benzene rings is 4. The van der Waals surface area contributed by atoms with E-state index in [-0.39, 0.29) is 28.6 Å². The Balaban J connectivity index is 1.52. The summed E-state index contributed by atoms with van der Waals surface area (Å²) < 4.78 is 0. The summed E-state index contributed by atoms with van der Waals surface area (Å²) in [6.07, 6.45) is 3.76. The van der Waals surface area contributed by atoms with Crippen molar-refractivity contribution < 1.29 is 19.3 Å². The first-order valence-corrected chi connectivity index (χ1v) is 13.5. The van der Waals surface area contributed by atoms with E-state index in [9.17, 15) is 24.5 Å². The molecular weight excluding hydrogens is 540 g/mol. The van der Waals surface area contributed by atoms with Crippen LogP contribution in [0.25, 0.3) is 6.08 Å². The Labute approximate surface area is 239 Å². The summed E-state index contributed by atoms with van der Waals surface area (Å²) in [7, 11) is 0. The lowest BCUT2D eigenvalue weighted by Crippen LogP contribution is -2.48. The molecule has 1 aliphatic carbocycles. The second-order valence-corrected chi connectivity index (χ2v) is 10.9. The summed E-state index contributed by atoms with van der Waals surface area (Å²) >= 11 is 6.25. The molecule has 0 saturated carbocycles. The summed E-state index contributed by atoms with van der Waals surface area (Å²) in [6, 6.07) is 25.0. The van der Waals surface area contributed by atoms with Crippen molar-refractivity contribution in [3.8, 4) is 0 Å². The minimum Gasteiger partial charge on any atom is -0.352 e. The summed E-state index contributed by atoms with van der Waals surface area (Å²) in [5.74, 6) is -1.87.